The summed E-state index contributed by atoms with van der Waals surface area (Å²) in [6.45, 7) is 2.87. The summed E-state index contributed by atoms with van der Waals surface area (Å²) in [7, 11) is -3.96. The Kier molecular flexibility index (Phi) is 3.04. The fourth-order valence-electron chi connectivity index (χ4n) is 3.27. The van der Waals surface area contributed by atoms with Gasteiger partial charge in [0.05, 0.1) is 5.69 Å². The number of sulfonamides is 1. The molecule has 1 aliphatic heterocycles. The zero-order valence-electron chi connectivity index (χ0n) is 11.1. The van der Waals surface area contributed by atoms with Gasteiger partial charge in [0.2, 0.25) is 10.0 Å². The van der Waals surface area contributed by atoms with Crippen LogP contribution in [0.25, 0.3) is 0 Å². The lowest BCUT2D eigenvalue weighted by molar-refractivity contribution is 0.260. The molecule has 0 spiro atoms. The van der Waals surface area contributed by atoms with E-state index in [1.165, 1.54) is 12.1 Å². The molecule has 3 rings (SSSR count). The average Bonchev–Trinajstić information content (AvgIpc) is 2.83. The summed E-state index contributed by atoms with van der Waals surface area (Å²) in [5.41, 5.74) is 0.475. The highest BCUT2D eigenvalue weighted by molar-refractivity contribution is 7.89. The van der Waals surface area contributed by atoms with Crippen molar-refractivity contribution in [2.75, 3.05) is 24.6 Å². The van der Waals surface area contributed by atoms with Gasteiger partial charge in [-0.05, 0) is 36.3 Å². The molecule has 1 saturated carbocycles. The molecular formula is C13H17FN2O3S. The van der Waals surface area contributed by atoms with E-state index in [0.717, 1.165) is 0 Å². The van der Waals surface area contributed by atoms with E-state index in [0.29, 0.717) is 30.5 Å². The number of halogens is 1. The number of nitrogens with zero attached hydrogens (tertiary/aromatic N) is 1. The third kappa shape index (κ3) is 2.01. The van der Waals surface area contributed by atoms with Crippen LogP contribution in [0.1, 0.15) is 5.56 Å². The van der Waals surface area contributed by atoms with Gasteiger partial charge in [-0.1, -0.05) is 6.07 Å². The molecule has 3 atom stereocenters. The van der Waals surface area contributed by atoms with Crippen molar-refractivity contribution in [3.63, 3.8) is 0 Å². The summed E-state index contributed by atoms with van der Waals surface area (Å²) in [6, 6.07) is 2.78. The van der Waals surface area contributed by atoms with Crippen molar-refractivity contribution in [2.45, 2.75) is 11.8 Å². The molecule has 1 aliphatic carbocycles. The molecule has 2 fully saturated rings. The van der Waals surface area contributed by atoms with Gasteiger partial charge in [-0.25, -0.2) is 17.9 Å². The second-order valence-electron chi connectivity index (χ2n) is 5.67. The minimum atomic E-state index is -3.96. The Morgan fingerprint density at radius 2 is 2.00 bits per heavy atom. The Morgan fingerprint density at radius 3 is 2.50 bits per heavy atom. The van der Waals surface area contributed by atoms with Crippen molar-refractivity contribution in [1.82, 2.24) is 0 Å². The molecule has 1 aromatic rings. The number of nitrogens with two attached hydrogens (primary N) is 1. The van der Waals surface area contributed by atoms with Crippen LogP contribution in [0.3, 0.4) is 0 Å². The summed E-state index contributed by atoms with van der Waals surface area (Å²) in [5, 5.41) is 14.3. The van der Waals surface area contributed by atoms with E-state index in [1.807, 2.05) is 0 Å². The lowest BCUT2D eigenvalue weighted by Crippen LogP contribution is -2.29. The Morgan fingerprint density at radius 1 is 1.40 bits per heavy atom. The molecule has 0 radical (unpaired) electrons. The Hall–Kier alpha value is -1.18. The maximum Gasteiger partial charge on any atom is 0.240 e. The summed E-state index contributed by atoms with van der Waals surface area (Å²) >= 11 is 0. The van der Waals surface area contributed by atoms with Crippen LogP contribution in [0.4, 0.5) is 10.1 Å². The molecule has 1 saturated heterocycles. The van der Waals surface area contributed by atoms with Crippen molar-refractivity contribution >= 4 is 15.7 Å². The lowest BCUT2D eigenvalue weighted by Gasteiger charge is -2.25. The van der Waals surface area contributed by atoms with Crippen LogP contribution < -0.4 is 10.0 Å². The molecule has 1 heterocycles. The molecule has 2 aliphatic rings. The van der Waals surface area contributed by atoms with Crippen LogP contribution in [-0.2, 0) is 10.0 Å². The third-order valence-electron chi connectivity index (χ3n) is 4.48. The van der Waals surface area contributed by atoms with E-state index in [2.05, 4.69) is 0 Å². The molecule has 110 valence electrons. The Bertz CT molecular complexity index is 650. The van der Waals surface area contributed by atoms with Crippen LogP contribution in [0.2, 0.25) is 0 Å². The van der Waals surface area contributed by atoms with Crippen LogP contribution >= 0.6 is 0 Å². The van der Waals surface area contributed by atoms with E-state index in [4.69, 9.17) is 10.2 Å². The molecule has 0 aromatic heterocycles. The van der Waals surface area contributed by atoms with Crippen molar-refractivity contribution < 1.29 is 17.9 Å². The maximum absolute atomic E-state index is 14.4. The molecule has 3 N–H and O–H groups in total. The number of rotatable bonds is 3. The molecule has 7 heteroatoms. The highest BCUT2D eigenvalue weighted by atomic mass is 32.2. The van der Waals surface area contributed by atoms with E-state index in [9.17, 15) is 12.8 Å². The first-order chi connectivity index (χ1) is 9.34. The number of benzene rings is 1. The highest BCUT2D eigenvalue weighted by Crippen LogP contribution is 2.53. The first-order valence-corrected chi connectivity index (χ1v) is 8.07. The fraction of sp³-hybridized carbons (Fsp3) is 0.538. The summed E-state index contributed by atoms with van der Waals surface area (Å²) in [4.78, 5) is 1.58. The topological polar surface area (TPSA) is 83.6 Å². The van der Waals surface area contributed by atoms with Crippen LogP contribution in [0.15, 0.2) is 17.0 Å². The predicted octanol–water partition coefficient (Wildman–Crippen LogP) is 0.456. The zero-order valence-corrected chi connectivity index (χ0v) is 11.9. The molecule has 1 aromatic carbocycles. The lowest BCUT2D eigenvalue weighted by atomic mass is 10.1. The van der Waals surface area contributed by atoms with Gasteiger partial charge in [0.1, 0.15) is 4.90 Å². The molecule has 5 nitrogen and oxygen atoms in total. The van der Waals surface area contributed by atoms with E-state index >= 15 is 0 Å². The smallest absolute Gasteiger partial charge is 0.240 e. The van der Waals surface area contributed by atoms with Gasteiger partial charge in [-0.15, -0.1) is 0 Å². The van der Waals surface area contributed by atoms with Gasteiger partial charge in [-0.2, -0.15) is 0 Å². The van der Waals surface area contributed by atoms with Gasteiger partial charge < -0.3 is 10.0 Å². The standard InChI is InChI=1S/C13H17FN2O3S/c1-7-2-3-11(20(15,18)19)13(12(7)14)16-4-8-9(5-16)10(8)6-17/h2-3,8-10,17H,4-6H2,1H3,(H2,15,18,19)/t8-,9+,10?. The Labute approximate surface area is 117 Å². The van der Waals surface area contributed by atoms with Crippen molar-refractivity contribution in [3.8, 4) is 0 Å². The number of hydrogen-bond donors (Lipinski definition) is 2. The first kappa shape index (κ1) is 13.8. The highest BCUT2D eigenvalue weighted by Gasteiger charge is 2.55. The molecule has 0 amide bonds. The van der Waals surface area contributed by atoms with Crippen molar-refractivity contribution in [3.05, 3.63) is 23.5 Å². The number of fused-ring (bicyclic) bond motifs is 1. The van der Waals surface area contributed by atoms with Gasteiger partial charge in [-0.3, -0.25) is 0 Å². The van der Waals surface area contributed by atoms with Gasteiger partial charge in [0, 0.05) is 19.7 Å². The second kappa shape index (κ2) is 4.41. The number of aliphatic hydroxyl groups excluding tert-OH is 1. The number of hydrogen-bond acceptors (Lipinski definition) is 4. The average molecular weight is 300 g/mol. The largest absolute Gasteiger partial charge is 0.396 e. The number of anilines is 1. The summed E-state index contributed by atoms with van der Waals surface area (Å²) < 4.78 is 37.6. The number of primary sulfonamides is 1. The van der Waals surface area contributed by atoms with Crippen molar-refractivity contribution in [1.29, 1.82) is 0 Å². The SMILES string of the molecule is Cc1ccc(S(N)(=O)=O)c(N2C[C@@H]3C(CO)[C@@H]3C2)c1F. The van der Waals surface area contributed by atoms with Crippen molar-refractivity contribution in [2.24, 2.45) is 22.9 Å². The van der Waals surface area contributed by atoms with Gasteiger partial charge in [0.25, 0.3) is 0 Å². The van der Waals surface area contributed by atoms with Crippen LogP contribution in [-0.4, -0.2) is 33.2 Å². The zero-order chi connectivity index (χ0) is 14.7. The first-order valence-electron chi connectivity index (χ1n) is 6.52. The van der Waals surface area contributed by atoms with E-state index in [-0.39, 0.29) is 23.1 Å². The normalized spacial score (nSPS) is 28.6. The summed E-state index contributed by atoms with van der Waals surface area (Å²) in [6.07, 6.45) is 0. The van der Waals surface area contributed by atoms with Crippen LogP contribution in [0.5, 0.6) is 0 Å². The van der Waals surface area contributed by atoms with Gasteiger partial charge >= 0.3 is 0 Å². The maximum atomic E-state index is 14.4. The minimum absolute atomic E-state index is 0.0800. The number of aryl methyl sites for hydroxylation is 1. The van der Waals surface area contributed by atoms with E-state index in [1.54, 1.807) is 11.8 Å². The fourth-order valence-corrected chi connectivity index (χ4v) is 4.02. The molecule has 0 bridgehead atoms. The quantitative estimate of drug-likeness (QED) is 0.849. The predicted molar refractivity (Wildman–Crippen MR) is 72.3 cm³/mol. The summed E-state index contributed by atoms with van der Waals surface area (Å²) in [5.74, 6) is 0.400. The van der Waals surface area contributed by atoms with Gasteiger partial charge in [0.15, 0.2) is 5.82 Å². The van der Waals surface area contributed by atoms with Crippen LogP contribution in [0, 0.1) is 30.5 Å². The number of piperidine rings is 1. The minimum Gasteiger partial charge on any atom is -0.396 e. The molecular weight excluding hydrogens is 283 g/mol. The molecule has 1 unspecified atom stereocenters. The number of aliphatic hydroxyl groups is 1. The van der Waals surface area contributed by atoms with E-state index < -0.39 is 15.8 Å². The molecule has 20 heavy (non-hydrogen) atoms. The third-order valence-corrected chi connectivity index (χ3v) is 5.42. The monoisotopic (exact) mass is 300 g/mol. The Balaban J connectivity index is 2.00. The second-order valence-corrected chi connectivity index (χ2v) is 7.20.